The number of anilines is 2. The number of aryl methyl sites for hydroxylation is 1. The highest BCUT2D eigenvalue weighted by molar-refractivity contribution is 7.08. The summed E-state index contributed by atoms with van der Waals surface area (Å²) in [7, 11) is 0. The van der Waals surface area contributed by atoms with Crippen molar-refractivity contribution in [3.05, 3.63) is 46.2 Å². The third-order valence-electron chi connectivity index (χ3n) is 2.27. The normalized spacial score (nSPS) is 10.1. The topological polar surface area (TPSA) is 55.1 Å². The lowest BCUT2D eigenvalue weighted by Gasteiger charge is -2.04. The van der Waals surface area contributed by atoms with Crippen LogP contribution in [0.1, 0.15) is 15.9 Å². The number of nitrogen functional groups attached to an aromatic ring is 1. The van der Waals surface area contributed by atoms with E-state index in [-0.39, 0.29) is 5.91 Å². The maximum Gasteiger partial charge on any atom is 0.256 e. The molecule has 82 valence electrons. The van der Waals surface area contributed by atoms with Crippen LogP contribution in [0.2, 0.25) is 0 Å². The molecule has 0 spiro atoms. The number of nitrogens with one attached hydrogen (secondary N) is 1. The van der Waals surface area contributed by atoms with Gasteiger partial charge in [0, 0.05) is 16.8 Å². The summed E-state index contributed by atoms with van der Waals surface area (Å²) in [5.41, 5.74) is 8.73. The summed E-state index contributed by atoms with van der Waals surface area (Å²) in [6.45, 7) is 1.92. The molecule has 2 rings (SSSR count). The molecule has 0 aliphatic heterocycles. The minimum atomic E-state index is -0.0801. The largest absolute Gasteiger partial charge is 0.399 e. The SMILES string of the molecule is Cc1cscc1C(=O)Nc1ccc(N)cc1. The average molecular weight is 232 g/mol. The van der Waals surface area contributed by atoms with Gasteiger partial charge in [-0.05, 0) is 42.1 Å². The zero-order valence-electron chi connectivity index (χ0n) is 8.86. The van der Waals surface area contributed by atoms with Gasteiger partial charge in [-0.2, -0.15) is 11.3 Å². The Labute approximate surface area is 97.9 Å². The fraction of sp³-hybridized carbons (Fsp3) is 0.0833. The molecule has 0 unspecified atom stereocenters. The van der Waals surface area contributed by atoms with Crippen molar-refractivity contribution in [2.75, 3.05) is 11.1 Å². The van der Waals surface area contributed by atoms with Crippen molar-refractivity contribution in [3.8, 4) is 0 Å². The van der Waals surface area contributed by atoms with Gasteiger partial charge in [0.15, 0.2) is 0 Å². The highest BCUT2D eigenvalue weighted by atomic mass is 32.1. The van der Waals surface area contributed by atoms with Gasteiger partial charge in [0.05, 0.1) is 5.56 Å². The van der Waals surface area contributed by atoms with Crippen molar-refractivity contribution in [2.45, 2.75) is 6.92 Å². The van der Waals surface area contributed by atoms with Crippen molar-refractivity contribution in [1.29, 1.82) is 0 Å². The maximum absolute atomic E-state index is 11.8. The van der Waals surface area contributed by atoms with Gasteiger partial charge in [-0.25, -0.2) is 0 Å². The van der Waals surface area contributed by atoms with Gasteiger partial charge < -0.3 is 11.1 Å². The first-order valence-electron chi connectivity index (χ1n) is 4.86. The van der Waals surface area contributed by atoms with E-state index in [9.17, 15) is 4.79 Å². The van der Waals surface area contributed by atoms with Crippen LogP contribution in [0.3, 0.4) is 0 Å². The van der Waals surface area contributed by atoms with Crippen LogP contribution < -0.4 is 11.1 Å². The van der Waals surface area contributed by atoms with Crippen LogP contribution in [0.5, 0.6) is 0 Å². The molecule has 0 fully saturated rings. The number of amides is 1. The van der Waals surface area contributed by atoms with Gasteiger partial charge in [0.2, 0.25) is 0 Å². The monoisotopic (exact) mass is 232 g/mol. The summed E-state index contributed by atoms with van der Waals surface area (Å²) in [5.74, 6) is -0.0801. The molecule has 0 aliphatic rings. The Bertz CT molecular complexity index is 502. The molecule has 0 saturated heterocycles. The Morgan fingerprint density at radius 3 is 2.50 bits per heavy atom. The summed E-state index contributed by atoms with van der Waals surface area (Å²) in [6.07, 6.45) is 0. The number of carbonyl (C=O) groups is 1. The van der Waals surface area contributed by atoms with Crippen molar-refractivity contribution in [3.63, 3.8) is 0 Å². The van der Waals surface area contributed by atoms with Crippen molar-refractivity contribution < 1.29 is 4.79 Å². The Morgan fingerprint density at radius 2 is 1.94 bits per heavy atom. The second-order valence-corrected chi connectivity index (χ2v) is 4.29. The zero-order chi connectivity index (χ0) is 11.5. The van der Waals surface area contributed by atoms with E-state index in [1.807, 2.05) is 17.7 Å². The quantitative estimate of drug-likeness (QED) is 0.782. The van der Waals surface area contributed by atoms with Gasteiger partial charge in [-0.15, -0.1) is 0 Å². The predicted molar refractivity (Wildman–Crippen MR) is 67.9 cm³/mol. The molecule has 0 saturated carbocycles. The van der Waals surface area contributed by atoms with Crippen molar-refractivity contribution >= 4 is 28.6 Å². The summed E-state index contributed by atoms with van der Waals surface area (Å²) < 4.78 is 0. The molecule has 3 nitrogen and oxygen atoms in total. The van der Waals surface area contributed by atoms with E-state index in [0.29, 0.717) is 5.69 Å². The van der Waals surface area contributed by atoms with E-state index in [0.717, 1.165) is 16.8 Å². The average Bonchev–Trinajstić information content (AvgIpc) is 2.68. The summed E-state index contributed by atoms with van der Waals surface area (Å²) in [6, 6.07) is 7.09. The number of thiophene rings is 1. The van der Waals surface area contributed by atoms with Gasteiger partial charge in [-0.3, -0.25) is 4.79 Å². The molecular weight excluding hydrogens is 220 g/mol. The predicted octanol–water partition coefficient (Wildman–Crippen LogP) is 2.89. The number of nitrogens with two attached hydrogens (primary N) is 1. The minimum Gasteiger partial charge on any atom is -0.399 e. The molecule has 4 heteroatoms. The lowest BCUT2D eigenvalue weighted by atomic mass is 10.2. The van der Waals surface area contributed by atoms with Gasteiger partial charge in [0.1, 0.15) is 0 Å². The molecule has 2 aromatic rings. The molecule has 0 aliphatic carbocycles. The molecule has 1 aromatic heterocycles. The molecule has 1 aromatic carbocycles. The lowest BCUT2D eigenvalue weighted by molar-refractivity contribution is 0.102. The molecule has 0 radical (unpaired) electrons. The van der Waals surface area contributed by atoms with Crippen LogP contribution in [0.15, 0.2) is 35.0 Å². The second kappa shape index (κ2) is 4.37. The summed E-state index contributed by atoms with van der Waals surface area (Å²) in [4.78, 5) is 11.8. The fourth-order valence-electron chi connectivity index (χ4n) is 1.36. The third kappa shape index (κ3) is 2.23. The molecule has 16 heavy (non-hydrogen) atoms. The van der Waals surface area contributed by atoms with Crippen LogP contribution in [0.25, 0.3) is 0 Å². The molecule has 3 N–H and O–H groups in total. The van der Waals surface area contributed by atoms with E-state index < -0.39 is 0 Å². The van der Waals surface area contributed by atoms with Crippen LogP contribution >= 0.6 is 11.3 Å². The summed E-state index contributed by atoms with van der Waals surface area (Å²) >= 11 is 1.53. The number of carbonyl (C=O) groups excluding carboxylic acids is 1. The Kier molecular flexibility index (Phi) is 2.92. The van der Waals surface area contributed by atoms with Crippen LogP contribution in [-0.2, 0) is 0 Å². The highest BCUT2D eigenvalue weighted by Crippen LogP contribution is 2.16. The van der Waals surface area contributed by atoms with Gasteiger partial charge in [0.25, 0.3) is 5.91 Å². The molecule has 1 amide bonds. The van der Waals surface area contributed by atoms with Crippen LogP contribution in [-0.4, -0.2) is 5.91 Å². The smallest absolute Gasteiger partial charge is 0.256 e. The summed E-state index contributed by atoms with van der Waals surface area (Å²) in [5, 5.41) is 6.63. The maximum atomic E-state index is 11.8. The first-order chi connectivity index (χ1) is 7.66. The first-order valence-corrected chi connectivity index (χ1v) is 5.81. The Balaban J connectivity index is 2.14. The van der Waals surface area contributed by atoms with Crippen LogP contribution in [0.4, 0.5) is 11.4 Å². The third-order valence-corrected chi connectivity index (χ3v) is 3.13. The Hall–Kier alpha value is -1.81. The van der Waals surface area contributed by atoms with Gasteiger partial charge in [-0.1, -0.05) is 0 Å². The number of rotatable bonds is 2. The second-order valence-electron chi connectivity index (χ2n) is 3.54. The van der Waals surface area contributed by atoms with Gasteiger partial charge >= 0.3 is 0 Å². The zero-order valence-corrected chi connectivity index (χ0v) is 9.67. The number of benzene rings is 1. The first kappa shape index (κ1) is 10.7. The molecule has 0 bridgehead atoms. The van der Waals surface area contributed by atoms with E-state index >= 15 is 0 Å². The molecule has 0 atom stereocenters. The van der Waals surface area contributed by atoms with E-state index in [1.165, 1.54) is 11.3 Å². The van der Waals surface area contributed by atoms with Crippen LogP contribution in [0, 0.1) is 6.92 Å². The fourth-order valence-corrected chi connectivity index (χ4v) is 2.19. The standard InChI is InChI=1S/C12H12N2OS/c1-8-6-16-7-11(8)12(15)14-10-4-2-9(13)3-5-10/h2-7H,13H2,1H3,(H,14,15). The molecular formula is C12H12N2OS. The van der Waals surface area contributed by atoms with E-state index in [1.54, 1.807) is 24.3 Å². The lowest BCUT2D eigenvalue weighted by Crippen LogP contribution is -2.11. The number of hydrogen-bond acceptors (Lipinski definition) is 3. The van der Waals surface area contributed by atoms with Crippen molar-refractivity contribution in [1.82, 2.24) is 0 Å². The number of hydrogen-bond donors (Lipinski definition) is 2. The minimum absolute atomic E-state index is 0.0801. The van der Waals surface area contributed by atoms with Crippen molar-refractivity contribution in [2.24, 2.45) is 0 Å². The van der Waals surface area contributed by atoms with E-state index in [4.69, 9.17) is 5.73 Å². The Morgan fingerprint density at radius 1 is 1.25 bits per heavy atom. The highest BCUT2D eigenvalue weighted by Gasteiger charge is 2.09. The van der Waals surface area contributed by atoms with E-state index in [2.05, 4.69) is 5.32 Å². The molecule has 1 heterocycles.